The lowest BCUT2D eigenvalue weighted by molar-refractivity contribution is -0.390. The van der Waals surface area contributed by atoms with Gasteiger partial charge in [0.15, 0.2) is 0 Å². The minimum Gasteiger partial charge on any atom is -0.358 e. The summed E-state index contributed by atoms with van der Waals surface area (Å²) in [5, 5.41) is 10.7. The van der Waals surface area contributed by atoms with Gasteiger partial charge in [0, 0.05) is 18.3 Å². The summed E-state index contributed by atoms with van der Waals surface area (Å²) < 4.78 is 1.71. The van der Waals surface area contributed by atoms with Crippen molar-refractivity contribution in [1.29, 1.82) is 0 Å². The van der Waals surface area contributed by atoms with Gasteiger partial charge in [-0.3, -0.25) is 0 Å². The Morgan fingerprint density at radius 3 is 2.93 bits per heavy atom. The molecule has 0 aliphatic carbocycles. The first-order valence-electron chi connectivity index (χ1n) is 4.84. The summed E-state index contributed by atoms with van der Waals surface area (Å²) in [6, 6.07) is 0. The molecule has 0 amide bonds. The van der Waals surface area contributed by atoms with Crippen molar-refractivity contribution in [2.24, 2.45) is 7.05 Å². The fraction of sp³-hybridized carbons (Fsp3) is 0.667. The van der Waals surface area contributed by atoms with Crippen molar-refractivity contribution in [2.75, 3.05) is 0 Å². The number of aromatic nitrogens is 2. The lowest BCUT2D eigenvalue weighted by atomic mass is 10.1. The molecule has 0 aliphatic heterocycles. The Balaban J connectivity index is 2.83. The lowest BCUT2D eigenvalue weighted by Gasteiger charge is -2.07. The third kappa shape index (κ3) is 3.02. The van der Waals surface area contributed by atoms with Crippen molar-refractivity contribution in [2.45, 2.75) is 31.0 Å². The van der Waals surface area contributed by atoms with Crippen LogP contribution < -0.4 is 0 Å². The van der Waals surface area contributed by atoms with Gasteiger partial charge in [-0.05, 0) is 16.3 Å². The van der Waals surface area contributed by atoms with Crippen LogP contribution in [-0.2, 0) is 13.5 Å². The number of hydrogen-bond donors (Lipinski definition) is 0. The second-order valence-corrected chi connectivity index (χ2v) is 4.77. The van der Waals surface area contributed by atoms with Crippen LogP contribution in [0.2, 0.25) is 0 Å². The van der Waals surface area contributed by atoms with Gasteiger partial charge in [0.2, 0.25) is 6.33 Å². The second kappa shape index (κ2) is 5.25. The summed E-state index contributed by atoms with van der Waals surface area (Å²) >= 11 is 3.51. The van der Waals surface area contributed by atoms with Crippen LogP contribution >= 0.6 is 15.9 Å². The number of imidazole rings is 1. The average Bonchev–Trinajstić information content (AvgIpc) is 2.48. The van der Waals surface area contributed by atoms with Crippen molar-refractivity contribution in [1.82, 2.24) is 9.55 Å². The van der Waals surface area contributed by atoms with Gasteiger partial charge >= 0.3 is 5.82 Å². The van der Waals surface area contributed by atoms with E-state index in [9.17, 15) is 10.1 Å². The molecule has 5 nitrogen and oxygen atoms in total. The molecule has 84 valence electrons. The normalized spacial score (nSPS) is 12.7. The zero-order chi connectivity index (χ0) is 11.4. The summed E-state index contributed by atoms with van der Waals surface area (Å²) in [5.74, 6) is -0.0296. The maximum Gasteiger partial charge on any atom is 0.384 e. The molecule has 0 aliphatic rings. The fourth-order valence-corrected chi connectivity index (χ4v) is 2.22. The van der Waals surface area contributed by atoms with Crippen LogP contribution in [0, 0.1) is 10.1 Å². The van der Waals surface area contributed by atoms with E-state index >= 15 is 0 Å². The van der Waals surface area contributed by atoms with Crippen LogP contribution in [0.5, 0.6) is 0 Å². The van der Waals surface area contributed by atoms with Crippen molar-refractivity contribution in [3.63, 3.8) is 0 Å². The Labute approximate surface area is 96.8 Å². The molecule has 6 heteroatoms. The van der Waals surface area contributed by atoms with Gasteiger partial charge in [-0.2, -0.15) is 0 Å². The van der Waals surface area contributed by atoms with Gasteiger partial charge in [0.1, 0.15) is 5.69 Å². The fourth-order valence-electron chi connectivity index (χ4n) is 1.46. The molecule has 1 unspecified atom stereocenters. The zero-order valence-electron chi connectivity index (χ0n) is 8.81. The lowest BCUT2D eigenvalue weighted by Crippen LogP contribution is -2.08. The molecule has 1 rings (SSSR count). The molecule has 0 N–H and O–H groups in total. The van der Waals surface area contributed by atoms with Crippen molar-refractivity contribution in [3.8, 4) is 0 Å². The molecule has 0 fully saturated rings. The summed E-state index contributed by atoms with van der Waals surface area (Å²) in [6.07, 6.45) is 4.18. The highest BCUT2D eigenvalue weighted by Gasteiger charge is 2.21. The predicted molar refractivity (Wildman–Crippen MR) is 61.2 cm³/mol. The van der Waals surface area contributed by atoms with Crippen molar-refractivity contribution >= 4 is 21.7 Å². The monoisotopic (exact) mass is 275 g/mol. The Morgan fingerprint density at radius 2 is 2.40 bits per heavy atom. The largest absolute Gasteiger partial charge is 0.384 e. The number of nitrogens with zero attached hydrogens (tertiary/aromatic N) is 3. The van der Waals surface area contributed by atoms with Crippen LogP contribution in [0.15, 0.2) is 6.33 Å². The number of aryl methyl sites for hydroxylation is 1. The van der Waals surface area contributed by atoms with Crippen LogP contribution in [0.4, 0.5) is 5.82 Å². The molecule has 0 bridgehead atoms. The molecule has 0 saturated carbocycles. The third-order valence-electron chi connectivity index (χ3n) is 2.23. The van der Waals surface area contributed by atoms with E-state index in [4.69, 9.17) is 0 Å². The van der Waals surface area contributed by atoms with Crippen LogP contribution in [0.1, 0.15) is 25.5 Å². The third-order valence-corrected chi connectivity index (χ3v) is 3.01. The topological polar surface area (TPSA) is 61.0 Å². The van der Waals surface area contributed by atoms with E-state index in [0.29, 0.717) is 12.1 Å². The van der Waals surface area contributed by atoms with Gasteiger partial charge < -0.3 is 14.7 Å². The summed E-state index contributed by atoms with van der Waals surface area (Å²) in [7, 11) is 1.78. The van der Waals surface area contributed by atoms with E-state index in [1.807, 2.05) is 0 Å². The molecule has 1 atom stereocenters. The maximum atomic E-state index is 10.7. The second-order valence-electron chi connectivity index (χ2n) is 3.47. The molecular weight excluding hydrogens is 262 g/mol. The van der Waals surface area contributed by atoms with Crippen LogP contribution in [0.3, 0.4) is 0 Å². The minimum absolute atomic E-state index is 0.0296. The minimum atomic E-state index is -0.430. The van der Waals surface area contributed by atoms with Gasteiger partial charge in [0.25, 0.3) is 0 Å². The molecule has 1 aromatic heterocycles. The number of alkyl halides is 1. The van der Waals surface area contributed by atoms with Crippen LogP contribution in [0.25, 0.3) is 0 Å². The predicted octanol–water partition coefficient (Wildman–Crippen LogP) is 2.43. The highest BCUT2D eigenvalue weighted by Crippen LogP contribution is 2.21. The van der Waals surface area contributed by atoms with E-state index in [0.717, 1.165) is 12.8 Å². The summed E-state index contributed by atoms with van der Waals surface area (Å²) in [4.78, 5) is 14.3. The smallest absolute Gasteiger partial charge is 0.358 e. The first-order chi connectivity index (χ1) is 7.06. The van der Waals surface area contributed by atoms with Gasteiger partial charge in [0.05, 0.1) is 0 Å². The number of halogens is 1. The molecule has 1 heterocycles. The van der Waals surface area contributed by atoms with Crippen molar-refractivity contribution < 1.29 is 4.92 Å². The summed E-state index contributed by atoms with van der Waals surface area (Å²) in [6.45, 7) is 2.09. The first kappa shape index (κ1) is 12.2. The Kier molecular flexibility index (Phi) is 4.26. The van der Waals surface area contributed by atoms with Crippen LogP contribution in [-0.4, -0.2) is 19.3 Å². The van der Waals surface area contributed by atoms with E-state index < -0.39 is 4.92 Å². The van der Waals surface area contributed by atoms with Gasteiger partial charge in [-0.15, -0.1) is 0 Å². The van der Waals surface area contributed by atoms with Gasteiger partial charge in [-0.25, -0.2) is 0 Å². The summed E-state index contributed by atoms with van der Waals surface area (Å²) in [5.41, 5.74) is 0.676. The molecule has 0 spiro atoms. The number of hydrogen-bond acceptors (Lipinski definition) is 3. The van der Waals surface area contributed by atoms with E-state index in [1.54, 1.807) is 11.6 Å². The highest BCUT2D eigenvalue weighted by atomic mass is 79.9. The van der Waals surface area contributed by atoms with Crippen molar-refractivity contribution in [3.05, 3.63) is 22.1 Å². The molecule has 0 radical (unpaired) electrons. The molecule has 15 heavy (non-hydrogen) atoms. The molecular formula is C9H14BrN3O2. The number of rotatable bonds is 5. The Bertz CT molecular complexity index is 351. The van der Waals surface area contributed by atoms with E-state index in [2.05, 4.69) is 27.8 Å². The van der Waals surface area contributed by atoms with Gasteiger partial charge in [-0.1, -0.05) is 29.3 Å². The van der Waals surface area contributed by atoms with E-state index in [-0.39, 0.29) is 10.6 Å². The first-order valence-corrected chi connectivity index (χ1v) is 5.76. The number of nitro groups is 1. The quantitative estimate of drug-likeness (QED) is 0.471. The SMILES string of the molecule is CCCC(Br)Cc1c([N+](=O)[O-])ncn1C. The molecule has 0 saturated heterocycles. The molecule has 0 aromatic carbocycles. The maximum absolute atomic E-state index is 10.7. The Hall–Kier alpha value is -0.910. The standard InChI is InChI=1S/C9H14BrN3O2/c1-3-4-7(10)5-8-9(13(14)15)11-6-12(8)2/h6-7H,3-5H2,1-2H3. The zero-order valence-corrected chi connectivity index (χ0v) is 10.4. The average molecular weight is 276 g/mol. The Morgan fingerprint density at radius 1 is 1.73 bits per heavy atom. The highest BCUT2D eigenvalue weighted by molar-refractivity contribution is 9.09. The van der Waals surface area contributed by atoms with E-state index in [1.165, 1.54) is 6.33 Å². The molecule has 1 aromatic rings.